The lowest BCUT2D eigenvalue weighted by Crippen LogP contribution is -2.56. The Morgan fingerprint density at radius 3 is 2.75 bits per heavy atom. The van der Waals surface area contributed by atoms with Crippen molar-refractivity contribution in [2.45, 2.75) is 43.4 Å². The molecule has 1 aliphatic heterocycles. The van der Waals surface area contributed by atoms with E-state index >= 15 is 0 Å². The first kappa shape index (κ1) is 11.8. The van der Waals surface area contributed by atoms with E-state index in [1.54, 1.807) is 0 Å². The molecule has 2 unspecified atom stereocenters. The maximum atomic E-state index is 11.8. The minimum absolute atomic E-state index is 0.141. The fourth-order valence-electron chi connectivity index (χ4n) is 2.60. The summed E-state index contributed by atoms with van der Waals surface area (Å²) >= 11 is 1.84. The van der Waals surface area contributed by atoms with Crippen LogP contribution in [0.4, 0.5) is 4.79 Å². The van der Waals surface area contributed by atoms with Crippen LogP contribution in [0, 0.1) is 0 Å². The molecule has 2 atom stereocenters. The molecule has 2 rings (SSSR count). The summed E-state index contributed by atoms with van der Waals surface area (Å²) in [6, 6.07) is 0.124. The van der Waals surface area contributed by atoms with E-state index in [-0.39, 0.29) is 11.9 Å². The molecular formula is C11H18N2O2S. The first-order valence-corrected chi connectivity index (χ1v) is 7.14. The highest BCUT2D eigenvalue weighted by Crippen LogP contribution is 2.31. The van der Waals surface area contributed by atoms with Gasteiger partial charge in [0.25, 0.3) is 0 Å². The number of hydrogen-bond donors (Lipinski definition) is 1. The Balaban J connectivity index is 2.04. The summed E-state index contributed by atoms with van der Waals surface area (Å²) in [4.78, 5) is 24.7. The Kier molecular flexibility index (Phi) is 3.74. The normalized spacial score (nSPS) is 31.4. The fraction of sp³-hybridized carbons (Fsp3) is 0.818. The van der Waals surface area contributed by atoms with E-state index in [1.807, 2.05) is 16.7 Å². The number of nitrogens with zero attached hydrogens (tertiary/aromatic N) is 1. The highest BCUT2D eigenvalue weighted by atomic mass is 32.2. The Bertz CT molecular complexity index is 296. The molecule has 5 heteroatoms. The molecule has 2 aliphatic rings. The summed E-state index contributed by atoms with van der Waals surface area (Å²) < 4.78 is 0. The molecule has 0 aromatic heterocycles. The summed E-state index contributed by atoms with van der Waals surface area (Å²) in [6.07, 6.45) is 7.27. The molecule has 3 amide bonds. The van der Waals surface area contributed by atoms with Crippen LogP contribution in [0.2, 0.25) is 0 Å². The van der Waals surface area contributed by atoms with Crippen molar-refractivity contribution < 1.29 is 9.59 Å². The first-order valence-electron chi connectivity index (χ1n) is 5.85. The number of urea groups is 1. The predicted octanol–water partition coefficient (Wildman–Crippen LogP) is 1.60. The minimum Gasteiger partial charge on any atom is -0.320 e. The zero-order valence-electron chi connectivity index (χ0n) is 9.57. The molecule has 1 aliphatic carbocycles. The van der Waals surface area contributed by atoms with E-state index in [2.05, 4.69) is 11.6 Å². The van der Waals surface area contributed by atoms with Gasteiger partial charge in [-0.05, 0) is 19.1 Å². The van der Waals surface area contributed by atoms with Gasteiger partial charge < -0.3 is 4.90 Å². The molecule has 1 saturated heterocycles. The Labute approximate surface area is 100 Å². The van der Waals surface area contributed by atoms with Gasteiger partial charge in [0.05, 0.1) is 0 Å². The molecular weight excluding hydrogens is 224 g/mol. The Hall–Kier alpha value is -0.710. The van der Waals surface area contributed by atoms with Crippen molar-refractivity contribution in [2.75, 3.05) is 12.8 Å². The van der Waals surface area contributed by atoms with E-state index in [0.717, 1.165) is 6.42 Å². The third kappa shape index (κ3) is 2.34. The summed E-state index contributed by atoms with van der Waals surface area (Å²) in [5.41, 5.74) is 0. The molecule has 0 bridgehead atoms. The highest BCUT2D eigenvalue weighted by Gasteiger charge is 2.35. The average Bonchev–Trinajstić information content (AvgIpc) is 2.29. The van der Waals surface area contributed by atoms with Crippen LogP contribution in [0.25, 0.3) is 0 Å². The van der Waals surface area contributed by atoms with Gasteiger partial charge in [0.2, 0.25) is 5.91 Å². The molecule has 90 valence electrons. The zero-order chi connectivity index (χ0) is 11.5. The molecule has 0 aromatic carbocycles. The van der Waals surface area contributed by atoms with Crippen molar-refractivity contribution in [1.82, 2.24) is 10.2 Å². The topological polar surface area (TPSA) is 49.4 Å². The van der Waals surface area contributed by atoms with Crippen LogP contribution >= 0.6 is 11.8 Å². The molecule has 16 heavy (non-hydrogen) atoms. The molecule has 2 fully saturated rings. The van der Waals surface area contributed by atoms with Gasteiger partial charge >= 0.3 is 6.03 Å². The van der Waals surface area contributed by atoms with Crippen LogP contribution in [0.3, 0.4) is 0 Å². The number of carbonyl (C=O) groups excluding carboxylic acids is 2. The maximum absolute atomic E-state index is 11.8. The molecule has 1 saturated carbocycles. The number of imide groups is 1. The number of thioether (sulfide) groups is 1. The van der Waals surface area contributed by atoms with Gasteiger partial charge in [0, 0.05) is 24.3 Å². The van der Waals surface area contributed by atoms with Crippen LogP contribution in [-0.2, 0) is 4.79 Å². The lowest BCUT2D eigenvalue weighted by molar-refractivity contribution is -0.121. The molecule has 1 N–H and O–H groups in total. The lowest BCUT2D eigenvalue weighted by atomic mass is 9.93. The van der Waals surface area contributed by atoms with Crippen molar-refractivity contribution in [1.29, 1.82) is 0 Å². The predicted molar refractivity (Wildman–Crippen MR) is 64.4 cm³/mol. The van der Waals surface area contributed by atoms with Crippen LogP contribution in [0.15, 0.2) is 0 Å². The zero-order valence-corrected chi connectivity index (χ0v) is 10.4. The van der Waals surface area contributed by atoms with Gasteiger partial charge in [0.15, 0.2) is 0 Å². The van der Waals surface area contributed by atoms with Gasteiger partial charge in [-0.3, -0.25) is 10.1 Å². The van der Waals surface area contributed by atoms with Gasteiger partial charge in [0.1, 0.15) is 0 Å². The monoisotopic (exact) mass is 242 g/mol. The third-order valence-corrected chi connectivity index (χ3v) is 4.61. The van der Waals surface area contributed by atoms with E-state index in [0.29, 0.717) is 24.3 Å². The Morgan fingerprint density at radius 2 is 2.06 bits per heavy atom. The second-order valence-corrected chi connectivity index (χ2v) is 5.50. The smallest absolute Gasteiger partial charge is 0.320 e. The van der Waals surface area contributed by atoms with Gasteiger partial charge in [-0.2, -0.15) is 11.8 Å². The summed E-state index contributed by atoms with van der Waals surface area (Å²) in [6.45, 7) is 0.590. The maximum Gasteiger partial charge on any atom is 0.324 e. The van der Waals surface area contributed by atoms with Crippen LogP contribution in [0.1, 0.15) is 32.1 Å². The van der Waals surface area contributed by atoms with Crippen molar-refractivity contribution >= 4 is 23.7 Å². The second-order valence-electron chi connectivity index (χ2n) is 4.42. The first-order chi connectivity index (χ1) is 7.72. The molecule has 0 radical (unpaired) electrons. The number of carbonyl (C=O) groups is 2. The standard InChI is InChI=1S/C11H18N2O2S/c1-16-9-5-3-2-4-8(9)13-7-6-10(14)12-11(13)15/h8-9H,2-7H2,1H3,(H,12,14,15). The number of rotatable bonds is 2. The molecule has 4 nitrogen and oxygen atoms in total. The van der Waals surface area contributed by atoms with Crippen molar-refractivity contribution in [3.8, 4) is 0 Å². The summed E-state index contributed by atoms with van der Waals surface area (Å²) in [7, 11) is 0. The van der Waals surface area contributed by atoms with Crippen molar-refractivity contribution in [2.24, 2.45) is 0 Å². The average molecular weight is 242 g/mol. The minimum atomic E-state index is -0.192. The fourth-order valence-corrected chi connectivity index (χ4v) is 3.60. The van der Waals surface area contributed by atoms with E-state index in [9.17, 15) is 9.59 Å². The van der Waals surface area contributed by atoms with Crippen LogP contribution in [0.5, 0.6) is 0 Å². The van der Waals surface area contributed by atoms with Crippen LogP contribution in [-0.4, -0.2) is 40.9 Å². The van der Waals surface area contributed by atoms with Crippen molar-refractivity contribution in [3.05, 3.63) is 0 Å². The second kappa shape index (κ2) is 5.08. The molecule has 1 heterocycles. The number of amides is 3. The van der Waals surface area contributed by atoms with Gasteiger partial charge in [-0.25, -0.2) is 4.79 Å². The van der Waals surface area contributed by atoms with E-state index in [4.69, 9.17) is 0 Å². The van der Waals surface area contributed by atoms with Crippen molar-refractivity contribution in [3.63, 3.8) is 0 Å². The molecule has 0 spiro atoms. The highest BCUT2D eigenvalue weighted by molar-refractivity contribution is 7.99. The van der Waals surface area contributed by atoms with Gasteiger partial charge in [-0.15, -0.1) is 0 Å². The van der Waals surface area contributed by atoms with E-state index < -0.39 is 0 Å². The summed E-state index contributed by atoms with van der Waals surface area (Å²) in [5.74, 6) is -0.141. The summed E-state index contributed by atoms with van der Waals surface area (Å²) in [5, 5.41) is 2.95. The number of hydrogen-bond acceptors (Lipinski definition) is 3. The molecule has 0 aromatic rings. The third-order valence-electron chi connectivity index (χ3n) is 3.46. The van der Waals surface area contributed by atoms with E-state index in [1.165, 1.54) is 19.3 Å². The SMILES string of the molecule is CSC1CCCCC1N1CCC(=O)NC1=O. The largest absolute Gasteiger partial charge is 0.324 e. The van der Waals surface area contributed by atoms with Gasteiger partial charge in [-0.1, -0.05) is 12.8 Å². The Morgan fingerprint density at radius 1 is 1.31 bits per heavy atom. The number of nitrogens with one attached hydrogen (secondary N) is 1. The van der Waals surface area contributed by atoms with Crippen LogP contribution < -0.4 is 5.32 Å². The lowest BCUT2D eigenvalue weighted by Gasteiger charge is -2.40. The quantitative estimate of drug-likeness (QED) is 0.800.